The summed E-state index contributed by atoms with van der Waals surface area (Å²) in [6.07, 6.45) is 2.96. The molecule has 30 heavy (non-hydrogen) atoms. The van der Waals surface area contributed by atoms with Gasteiger partial charge in [0.25, 0.3) is 5.69 Å². The second-order valence-electron chi connectivity index (χ2n) is 6.39. The van der Waals surface area contributed by atoms with Crippen LogP contribution in [0.25, 0.3) is 0 Å². The number of benzene rings is 2. The lowest BCUT2D eigenvalue weighted by atomic mass is 10.2. The van der Waals surface area contributed by atoms with Gasteiger partial charge in [-0.2, -0.15) is 0 Å². The van der Waals surface area contributed by atoms with E-state index >= 15 is 0 Å². The fraction of sp³-hybridized carbons (Fsp3) is 0.250. The van der Waals surface area contributed by atoms with E-state index < -0.39 is 14.9 Å². The van der Waals surface area contributed by atoms with Gasteiger partial charge in [0.2, 0.25) is 15.9 Å². The Bertz CT molecular complexity index is 1010. The van der Waals surface area contributed by atoms with E-state index in [1.165, 1.54) is 24.3 Å². The second-order valence-corrected chi connectivity index (χ2v) is 8.29. The van der Waals surface area contributed by atoms with E-state index in [9.17, 15) is 23.3 Å². The summed E-state index contributed by atoms with van der Waals surface area (Å²) in [5.41, 5.74) is 0.561. The van der Waals surface area contributed by atoms with Crippen molar-refractivity contribution in [3.8, 4) is 5.75 Å². The minimum absolute atomic E-state index is 0.0156. The Morgan fingerprint density at radius 1 is 1.27 bits per heavy atom. The van der Waals surface area contributed by atoms with Crippen LogP contribution in [0.1, 0.15) is 12.8 Å². The van der Waals surface area contributed by atoms with Crippen molar-refractivity contribution in [1.29, 1.82) is 0 Å². The summed E-state index contributed by atoms with van der Waals surface area (Å²) in [7, 11) is -3.67. The van der Waals surface area contributed by atoms with Crippen LogP contribution in [0.3, 0.4) is 0 Å². The number of ether oxygens (including phenoxy) is 1. The first-order valence-electron chi connectivity index (χ1n) is 9.06. The van der Waals surface area contributed by atoms with E-state index in [-0.39, 0.29) is 36.7 Å². The van der Waals surface area contributed by atoms with Gasteiger partial charge in [0, 0.05) is 30.8 Å². The van der Waals surface area contributed by atoms with E-state index in [0.29, 0.717) is 18.0 Å². The number of nitro benzene ring substituents is 1. The topological polar surface area (TPSA) is 119 Å². The molecule has 0 atom stereocenters. The van der Waals surface area contributed by atoms with E-state index in [1.54, 1.807) is 30.3 Å². The summed E-state index contributed by atoms with van der Waals surface area (Å²) in [6.45, 7) is 3.96. The Morgan fingerprint density at radius 3 is 2.57 bits per heavy atom. The summed E-state index contributed by atoms with van der Waals surface area (Å²) in [5, 5.41) is 13.7. The monoisotopic (exact) mass is 433 g/mol. The predicted octanol–water partition coefficient (Wildman–Crippen LogP) is 3.34. The predicted molar refractivity (Wildman–Crippen MR) is 115 cm³/mol. The number of sulfonamides is 1. The first-order chi connectivity index (χ1) is 14.2. The molecule has 0 aliphatic rings. The maximum atomic E-state index is 12.2. The number of hydrogen-bond donors (Lipinski definition) is 1. The average Bonchev–Trinajstić information content (AvgIpc) is 2.70. The number of carbonyl (C=O) groups is 1. The zero-order valence-electron chi connectivity index (χ0n) is 16.5. The Kier molecular flexibility index (Phi) is 7.93. The molecule has 0 aliphatic heterocycles. The highest BCUT2D eigenvalue weighted by Gasteiger charge is 2.19. The van der Waals surface area contributed by atoms with Gasteiger partial charge in [0.05, 0.1) is 16.9 Å². The van der Waals surface area contributed by atoms with Gasteiger partial charge in [-0.15, -0.1) is 0 Å². The zero-order chi connectivity index (χ0) is 22.1. The van der Waals surface area contributed by atoms with Crippen LogP contribution in [0, 0.1) is 10.1 Å². The van der Waals surface area contributed by atoms with E-state index in [4.69, 9.17) is 4.74 Å². The molecule has 1 N–H and O–H groups in total. The fourth-order valence-corrected chi connectivity index (χ4v) is 3.60. The lowest BCUT2D eigenvalue weighted by Crippen LogP contribution is -2.31. The molecule has 2 aromatic carbocycles. The summed E-state index contributed by atoms with van der Waals surface area (Å²) < 4.78 is 30.7. The van der Waals surface area contributed by atoms with Gasteiger partial charge in [-0.25, -0.2) is 8.42 Å². The van der Waals surface area contributed by atoms with Gasteiger partial charge in [-0.1, -0.05) is 18.7 Å². The highest BCUT2D eigenvalue weighted by molar-refractivity contribution is 7.92. The molecule has 0 saturated heterocycles. The van der Waals surface area contributed by atoms with Crippen LogP contribution in [-0.2, 0) is 14.8 Å². The zero-order valence-corrected chi connectivity index (χ0v) is 17.3. The van der Waals surface area contributed by atoms with Crippen LogP contribution < -0.4 is 14.4 Å². The fourth-order valence-electron chi connectivity index (χ4n) is 2.64. The minimum atomic E-state index is -3.67. The van der Waals surface area contributed by atoms with E-state index in [2.05, 4.69) is 11.9 Å². The van der Waals surface area contributed by atoms with Crippen molar-refractivity contribution in [3.63, 3.8) is 0 Å². The van der Waals surface area contributed by atoms with Crippen LogP contribution in [0.5, 0.6) is 5.75 Å². The molecule has 0 aliphatic carbocycles. The molecule has 0 fully saturated rings. The Labute approximate surface area is 175 Å². The smallest absolute Gasteiger partial charge is 0.271 e. The number of hydrogen-bond acceptors (Lipinski definition) is 6. The molecular weight excluding hydrogens is 410 g/mol. The number of nitrogens with one attached hydrogen (secondary N) is 1. The quantitative estimate of drug-likeness (QED) is 0.330. The molecular formula is C20H23N3O6S. The number of non-ortho nitro benzene ring substituents is 1. The summed E-state index contributed by atoms with van der Waals surface area (Å²) in [6, 6.07) is 12.2. The third-order valence-electron chi connectivity index (χ3n) is 4.00. The van der Waals surface area contributed by atoms with Crippen molar-refractivity contribution in [2.45, 2.75) is 12.8 Å². The van der Waals surface area contributed by atoms with Crippen molar-refractivity contribution < 1.29 is 22.9 Å². The van der Waals surface area contributed by atoms with Gasteiger partial charge in [-0.3, -0.25) is 19.2 Å². The highest BCUT2D eigenvalue weighted by Crippen LogP contribution is 2.23. The third kappa shape index (κ3) is 6.89. The number of nitro groups is 1. The lowest BCUT2D eigenvalue weighted by molar-refractivity contribution is -0.384. The van der Waals surface area contributed by atoms with Crippen molar-refractivity contribution >= 4 is 33.0 Å². The van der Waals surface area contributed by atoms with Gasteiger partial charge >= 0.3 is 0 Å². The Hall–Kier alpha value is -3.40. The molecule has 0 aromatic heterocycles. The average molecular weight is 433 g/mol. The highest BCUT2D eigenvalue weighted by atomic mass is 32.2. The van der Waals surface area contributed by atoms with Crippen molar-refractivity contribution in [2.24, 2.45) is 0 Å². The molecule has 0 spiro atoms. The van der Waals surface area contributed by atoms with Gasteiger partial charge in [-0.05, 0) is 36.8 Å². The number of carbonyl (C=O) groups excluding carboxylic acids is 1. The Morgan fingerprint density at radius 2 is 1.97 bits per heavy atom. The standard InChI is InChI=1S/C20H23N3O6S/c1-3-14-29-19-11-9-16(10-12-19)21-20(24)8-5-13-22(30(2,27)28)17-6-4-7-18(15-17)23(25)26/h3-4,6-7,9-12,15H,1,5,8,13-14H2,2H3,(H,21,24). The van der Waals surface area contributed by atoms with Gasteiger partial charge in [0.1, 0.15) is 12.4 Å². The second kappa shape index (κ2) is 10.4. The summed E-state index contributed by atoms with van der Waals surface area (Å²) in [4.78, 5) is 22.5. The van der Waals surface area contributed by atoms with Crippen LogP contribution in [0.4, 0.5) is 17.1 Å². The normalized spacial score (nSPS) is 10.8. The van der Waals surface area contributed by atoms with Crippen molar-refractivity contribution in [3.05, 3.63) is 71.3 Å². The maximum absolute atomic E-state index is 12.2. The molecule has 10 heteroatoms. The van der Waals surface area contributed by atoms with Crippen LogP contribution >= 0.6 is 0 Å². The number of anilines is 2. The van der Waals surface area contributed by atoms with Crippen molar-refractivity contribution in [1.82, 2.24) is 0 Å². The van der Waals surface area contributed by atoms with Gasteiger partial charge < -0.3 is 10.1 Å². The molecule has 0 saturated carbocycles. The molecule has 2 aromatic rings. The molecule has 0 bridgehead atoms. The van der Waals surface area contributed by atoms with Crippen LogP contribution in [-0.4, -0.2) is 38.7 Å². The molecule has 0 heterocycles. The molecule has 0 radical (unpaired) electrons. The number of rotatable bonds is 11. The largest absolute Gasteiger partial charge is 0.490 e. The first kappa shape index (κ1) is 22.9. The van der Waals surface area contributed by atoms with Crippen molar-refractivity contribution in [2.75, 3.05) is 29.0 Å². The van der Waals surface area contributed by atoms with E-state index in [0.717, 1.165) is 10.6 Å². The Balaban J connectivity index is 1.95. The molecule has 0 unspecified atom stereocenters. The SMILES string of the molecule is C=CCOc1ccc(NC(=O)CCCN(c2cccc([N+](=O)[O-])c2)S(C)(=O)=O)cc1. The third-order valence-corrected chi connectivity index (χ3v) is 5.19. The maximum Gasteiger partial charge on any atom is 0.271 e. The lowest BCUT2D eigenvalue weighted by Gasteiger charge is -2.22. The summed E-state index contributed by atoms with van der Waals surface area (Å²) >= 11 is 0. The molecule has 2 rings (SSSR count). The first-order valence-corrected chi connectivity index (χ1v) is 10.9. The van der Waals surface area contributed by atoms with Gasteiger partial charge in [0.15, 0.2) is 0 Å². The molecule has 9 nitrogen and oxygen atoms in total. The van der Waals surface area contributed by atoms with Crippen LogP contribution in [0.2, 0.25) is 0 Å². The molecule has 1 amide bonds. The number of nitrogens with zero attached hydrogens (tertiary/aromatic N) is 2. The van der Waals surface area contributed by atoms with E-state index in [1.807, 2.05) is 0 Å². The molecule has 160 valence electrons. The summed E-state index contributed by atoms with van der Waals surface area (Å²) in [5.74, 6) is 0.371. The van der Waals surface area contributed by atoms with Crippen LogP contribution in [0.15, 0.2) is 61.2 Å². The number of amides is 1. The minimum Gasteiger partial charge on any atom is -0.490 e.